The van der Waals surface area contributed by atoms with Gasteiger partial charge in [0.15, 0.2) is 0 Å². The molecule has 2 aliphatic rings. The van der Waals surface area contributed by atoms with Crippen LogP contribution in [0.4, 0.5) is 9.59 Å². The molecule has 16 heteroatoms. The minimum atomic E-state index is -0.871. The second kappa shape index (κ2) is 8.02. The second-order valence-electron chi connectivity index (χ2n) is 6.63. The van der Waals surface area contributed by atoms with Crippen LogP contribution in [0, 0.1) is 0 Å². The second-order valence-corrected chi connectivity index (χ2v) is 9.21. The zero-order valence-electron chi connectivity index (χ0n) is 15.9. The van der Waals surface area contributed by atoms with Crippen LogP contribution in [-0.4, -0.2) is 58.7 Å². The van der Waals surface area contributed by atoms with Gasteiger partial charge in [-0.1, -0.05) is 24.3 Å². The number of benzene rings is 1. The number of hydrogen-bond acceptors (Lipinski definition) is 6. The first-order valence-corrected chi connectivity index (χ1v) is 11.2. The molecule has 5 atom stereocenters. The third-order valence-electron chi connectivity index (χ3n) is 4.95. The average Bonchev–Trinajstić information content (AvgIpc) is 3.06. The van der Waals surface area contributed by atoms with Gasteiger partial charge in [0, 0.05) is 10.8 Å². The number of rotatable bonds is 0. The van der Waals surface area contributed by atoms with E-state index in [-0.39, 0.29) is 21.8 Å². The fourth-order valence-corrected chi connectivity index (χ4v) is 5.24. The Balaban J connectivity index is 2.24. The van der Waals surface area contributed by atoms with Crippen molar-refractivity contribution < 1.29 is 28.8 Å². The van der Waals surface area contributed by atoms with E-state index in [0.717, 1.165) is 0 Å². The highest BCUT2D eigenvalue weighted by molar-refractivity contribution is 7.20. The van der Waals surface area contributed by atoms with E-state index in [0.29, 0.717) is 29.5 Å². The number of barbiturate groups is 2. The average molecular weight is 527 g/mol. The van der Waals surface area contributed by atoms with Crippen molar-refractivity contribution in [3.05, 3.63) is 35.0 Å². The summed E-state index contributed by atoms with van der Waals surface area (Å²) in [7, 11) is 10.1. The molecule has 0 saturated carbocycles. The summed E-state index contributed by atoms with van der Waals surface area (Å²) < 4.78 is 4.10. The summed E-state index contributed by atoms with van der Waals surface area (Å²) in [5.74, 6) is -3.49. The molecule has 164 valence electrons. The molecule has 1 aromatic heterocycles. The van der Waals surface area contributed by atoms with Crippen molar-refractivity contribution >= 4 is 105 Å². The fraction of sp³-hybridized carbons (Fsp3) is 0. The lowest BCUT2D eigenvalue weighted by Gasteiger charge is -2.28. The van der Waals surface area contributed by atoms with E-state index in [9.17, 15) is 28.8 Å². The number of carbonyl (C=O) groups is 6. The van der Waals surface area contributed by atoms with Crippen molar-refractivity contribution in [3.63, 3.8) is 0 Å². The SMILES string of the molecule is O=C1C(=c2c3ccccc3c(=C3C(=O)N(P)C(=O)N(P)C3=O)n2P)C(=O)N(P)C(=O)N1P. The van der Waals surface area contributed by atoms with E-state index in [1.165, 1.54) is 4.34 Å². The predicted molar refractivity (Wildman–Crippen MR) is 130 cm³/mol. The highest BCUT2D eigenvalue weighted by Gasteiger charge is 2.42. The van der Waals surface area contributed by atoms with Crippen molar-refractivity contribution in [3.8, 4) is 0 Å². The zero-order valence-corrected chi connectivity index (χ0v) is 21.7. The van der Waals surface area contributed by atoms with E-state index in [1.807, 2.05) is 37.6 Å². The third-order valence-corrected chi connectivity index (χ3v) is 7.29. The topological polar surface area (TPSA) is 120 Å². The molecule has 0 spiro atoms. The van der Waals surface area contributed by atoms with Crippen molar-refractivity contribution in [1.82, 2.24) is 23.0 Å². The van der Waals surface area contributed by atoms with Crippen LogP contribution in [0.15, 0.2) is 24.3 Å². The third kappa shape index (κ3) is 3.08. The van der Waals surface area contributed by atoms with Gasteiger partial charge in [0.1, 0.15) is 11.1 Å². The lowest BCUT2D eigenvalue weighted by molar-refractivity contribution is -0.128. The normalized spacial score (nSPS) is 18.2. The van der Waals surface area contributed by atoms with Crippen LogP contribution >= 0.6 is 47.0 Å². The number of amides is 8. The monoisotopic (exact) mass is 527 g/mol. The van der Waals surface area contributed by atoms with Gasteiger partial charge < -0.3 is 4.34 Å². The van der Waals surface area contributed by atoms with Crippen molar-refractivity contribution in [2.75, 3.05) is 0 Å². The maximum atomic E-state index is 12.9. The first kappa shape index (κ1) is 23.0. The van der Waals surface area contributed by atoms with Crippen LogP contribution in [0.25, 0.3) is 21.9 Å². The van der Waals surface area contributed by atoms with Crippen LogP contribution in [0.5, 0.6) is 0 Å². The molecule has 1 aromatic carbocycles. The van der Waals surface area contributed by atoms with Gasteiger partial charge in [0.25, 0.3) is 23.6 Å². The number of hydrogen-bond donors (Lipinski definition) is 0. The summed E-state index contributed by atoms with van der Waals surface area (Å²) in [4.78, 5) is 75.9. The molecular formula is C16H14N5O6P5. The summed E-state index contributed by atoms with van der Waals surface area (Å²) >= 11 is 0. The molecule has 0 bridgehead atoms. The predicted octanol–water partition coefficient (Wildman–Crippen LogP) is -0.677. The van der Waals surface area contributed by atoms with Gasteiger partial charge in [-0.25, -0.2) is 28.3 Å². The number of carbonyl (C=O) groups excluding carboxylic acids is 6. The van der Waals surface area contributed by atoms with Crippen LogP contribution in [0.1, 0.15) is 0 Å². The Hall–Kier alpha value is -2.13. The molecule has 2 saturated heterocycles. The molecule has 8 amide bonds. The van der Waals surface area contributed by atoms with Gasteiger partial charge in [-0.3, -0.25) is 19.2 Å². The molecule has 11 nitrogen and oxygen atoms in total. The molecule has 0 aliphatic carbocycles. The Morgan fingerprint density at radius 1 is 0.500 bits per heavy atom. The Kier molecular flexibility index (Phi) is 5.78. The smallest absolute Gasteiger partial charge is 0.323 e. The molecule has 32 heavy (non-hydrogen) atoms. The Bertz CT molecular complexity index is 1280. The number of fused-ring (bicyclic) bond motifs is 1. The number of imide groups is 4. The van der Waals surface area contributed by atoms with Crippen molar-refractivity contribution in [2.45, 2.75) is 0 Å². The molecule has 0 N–H and O–H groups in total. The van der Waals surface area contributed by atoms with E-state index in [2.05, 4.69) is 9.39 Å². The van der Waals surface area contributed by atoms with Crippen LogP contribution < -0.4 is 10.7 Å². The summed E-state index contributed by atoms with van der Waals surface area (Å²) in [6.45, 7) is 0. The standard InChI is InChI=1S/C16H14N5O6P5/c22-11-7(12(23)19(30)15(26)18(11)29)9-5-3-1-2-4-6(5)10(17(9)28)8-13(24)20(31)16(27)21(32)14(8)25/h1-4H,28-32H2. The molecular weight excluding hydrogens is 513 g/mol. The van der Waals surface area contributed by atoms with E-state index < -0.39 is 35.7 Å². The van der Waals surface area contributed by atoms with Crippen molar-refractivity contribution in [2.24, 2.45) is 0 Å². The quantitative estimate of drug-likeness (QED) is 0.419. The van der Waals surface area contributed by atoms with Gasteiger partial charge >= 0.3 is 12.1 Å². The van der Waals surface area contributed by atoms with Gasteiger partial charge in [0.05, 0.1) is 10.7 Å². The highest BCUT2D eigenvalue weighted by Crippen LogP contribution is 2.26. The Morgan fingerprint density at radius 2 is 0.781 bits per heavy atom. The maximum Gasteiger partial charge on any atom is 0.339 e. The minimum Gasteiger partial charge on any atom is -0.323 e. The molecule has 2 aromatic rings. The lowest BCUT2D eigenvalue weighted by Crippen LogP contribution is -2.51. The van der Waals surface area contributed by atoms with Crippen LogP contribution in [0.2, 0.25) is 0 Å². The van der Waals surface area contributed by atoms with Gasteiger partial charge in [-0.05, 0) is 47.0 Å². The molecule has 3 heterocycles. The van der Waals surface area contributed by atoms with Gasteiger partial charge in [-0.15, -0.1) is 0 Å². The first-order chi connectivity index (χ1) is 15.0. The lowest BCUT2D eigenvalue weighted by atomic mass is 10.1. The summed E-state index contributed by atoms with van der Waals surface area (Å²) in [5, 5.41) is 0.934. The summed E-state index contributed by atoms with van der Waals surface area (Å²) in [6, 6.07) is 4.83. The first-order valence-electron chi connectivity index (χ1n) is 8.58. The Morgan fingerprint density at radius 3 is 1.06 bits per heavy atom. The van der Waals surface area contributed by atoms with Crippen LogP contribution in [-0.2, 0) is 19.2 Å². The molecule has 4 rings (SSSR count). The zero-order chi connectivity index (χ0) is 23.6. The summed E-state index contributed by atoms with van der Waals surface area (Å²) in [5.41, 5.74) is -0.685. The summed E-state index contributed by atoms with van der Waals surface area (Å²) in [6.07, 6.45) is 0. The van der Waals surface area contributed by atoms with E-state index >= 15 is 0 Å². The minimum absolute atomic E-state index is 0.0820. The van der Waals surface area contributed by atoms with Gasteiger partial charge in [0.2, 0.25) is 0 Å². The Labute approximate surface area is 191 Å². The number of aromatic nitrogens is 1. The fourth-order valence-electron chi connectivity index (χ4n) is 3.43. The molecule has 2 aliphatic heterocycles. The van der Waals surface area contributed by atoms with Crippen molar-refractivity contribution in [1.29, 1.82) is 0 Å². The van der Waals surface area contributed by atoms with E-state index in [1.54, 1.807) is 24.3 Å². The largest absolute Gasteiger partial charge is 0.339 e. The van der Waals surface area contributed by atoms with Crippen LogP contribution in [0.3, 0.4) is 0 Å². The molecule has 0 radical (unpaired) electrons. The molecule has 2 fully saturated rings. The highest BCUT2D eigenvalue weighted by atomic mass is 31.0. The molecule has 5 unspecified atom stereocenters. The number of urea groups is 2. The van der Waals surface area contributed by atoms with Gasteiger partial charge in [-0.2, -0.15) is 0 Å². The number of nitrogens with zero attached hydrogens (tertiary/aromatic N) is 5. The maximum absolute atomic E-state index is 12.9. The van der Waals surface area contributed by atoms with E-state index in [4.69, 9.17) is 0 Å².